The van der Waals surface area contributed by atoms with Crippen LogP contribution >= 0.6 is 0 Å². The van der Waals surface area contributed by atoms with E-state index >= 15 is 0 Å². The molecular formula is C22H8F2N4. The van der Waals surface area contributed by atoms with E-state index in [4.69, 9.17) is 22.4 Å². The second-order valence-electron chi connectivity index (χ2n) is 5.77. The van der Waals surface area contributed by atoms with E-state index in [9.17, 15) is 8.78 Å². The van der Waals surface area contributed by atoms with Crippen LogP contribution in [0.1, 0.15) is 16.7 Å². The lowest BCUT2D eigenvalue weighted by Gasteiger charge is -2.10. The zero-order chi connectivity index (χ0) is 20.3. The molecule has 6 heteroatoms. The van der Waals surface area contributed by atoms with Crippen molar-refractivity contribution in [2.75, 3.05) is 0 Å². The minimum absolute atomic E-state index is 0.0275. The Hall–Kier alpha value is -4.52. The third-order valence-corrected chi connectivity index (χ3v) is 4.11. The summed E-state index contributed by atoms with van der Waals surface area (Å²) in [6, 6.07) is 16.6. The number of hydrogen-bond donors (Lipinski definition) is 0. The Bertz CT molecular complexity index is 1190. The Morgan fingerprint density at radius 3 is 1.86 bits per heavy atom. The molecule has 0 amide bonds. The second kappa shape index (κ2) is 7.38. The average molecular weight is 366 g/mol. The van der Waals surface area contributed by atoms with Crippen LogP contribution in [0.4, 0.5) is 14.5 Å². The molecular weight excluding hydrogens is 358 g/mol. The highest BCUT2D eigenvalue weighted by atomic mass is 19.1. The third-order valence-electron chi connectivity index (χ3n) is 4.11. The molecule has 0 unspecified atom stereocenters. The highest BCUT2D eigenvalue weighted by Crippen LogP contribution is 2.34. The van der Waals surface area contributed by atoms with Crippen LogP contribution in [0.3, 0.4) is 0 Å². The third kappa shape index (κ3) is 3.15. The van der Waals surface area contributed by atoms with Gasteiger partial charge in [-0.05, 0) is 41.5 Å². The molecule has 3 aromatic rings. The van der Waals surface area contributed by atoms with Gasteiger partial charge in [0.25, 0.3) is 0 Å². The van der Waals surface area contributed by atoms with Gasteiger partial charge >= 0.3 is 0 Å². The van der Waals surface area contributed by atoms with E-state index in [1.807, 2.05) is 12.1 Å². The molecule has 4 nitrogen and oxygen atoms in total. The Balaban J connectivity index is 2.25. The van der Waals surface area contributed by atoms with Gasteiger partial charge in [0.2, 0.25) is 5.69 Å². The number of hydrogen-bond acceptors (Lipinski definition) is 3. The standard InChI is InChI=1S/C22H8F2N4/c1-28-20-8-14(11-26)7-19(22(20)24)16-4-2-3-15(9-16)18-6-13(10-25)5-17(12-27)21(18)23/h2-9H. The number of nitrogens with zero attached hydrogens (tertiary/aromatic N) is 4. The molecule has 0 saturated carbocycles. The van der Waals surface area contributed by atoms with Gasteiger partial charge in [-0.15, -0.1) is 0 Å². The highest BCUT2D eigenvalue weighted by Gasteiger charge is 2.16. The van der Waals surface area contributed by atoms with Crippen LogP contribution in [-0.4, -0.2) is 0 Å². The Kier molecular flexibility index (Phi) is 4.82. The average Bonchev–Trinajstić information content (AvgIpc) is 2.74. The molecule has 0 aromatic heterocycles. The van der Waals surface area contributed by atoms with Crippen molar-refractivity contribution in [2.45, 2.75) is 0 Å². The molecule has 0 radical (unpaired) electrons. The Morgan fingerprint density at radius 1 is 0.750 bits per heavy atom. The molecule has 130 valence electrons. The summed E-state index contributed by atoms with van der Waals surface area (Å²) < 4.78 is 29.3. The van der Waals surface area contributed by atoms with E-state index in [1.165, 1.54) is 18.2 Å². The number of benzene rings is 3. The lowest BCUT2D eigenvalue weighted by Crippen LogP contribution is -1.93. The topological polar surface area (TPSA) is 75.7 Å². The maximum Gasteiger partial charge on any atom is 0.224 e. The SMILES string of the molecule is [C-]#[N+]c1cc(C#N)cc(-c2cccc(-c3cc(C#N)cc(C#N)c3F)c2)c1F. The van der Waals surface area contributed by atoms with Crippen LogP contribution in [0, 0.1) is 52.2 Å². The van der Waals surface area contributed by atoms with Crippen molar-refractivity contribution in [3.05, 3.63) is 88.3 Å². The van der Waals surface area contributed by atoms with Gasteiger partial charge in [0.1, 0.15) is 17.7 Å². The molecule has 3 rings (SSSR count). The van der Waals surface area contributed by atoms with Gasteiger partial charge in [0, 0.05) is 16.7 Å². The molecule has 0 heterocycles. The van der Waals surface area contributed by atoms with Crippen molar-refractivity contribution in [3.8, 4) is 40.5 Å². The molecule has 0 N–H and O–H groups in total. The summed E-state index contributed by atoms with van der Waals surface area (Å²) in [7, 11) is 0. The van der Waals surface area contributed by atoms with Crippen LogP contribution < -0.4 is 0 Å². The van der Waals surface area contributed by atoms with Crippen molar-refractivity contribution in [2.24, 2.45) is 0 Å². The minimum atomic E-state index is -0.785. The van der Waals surface area contributed by atoms with Crippen LogP contribution in [-0.2, 0) is 0 Å². The molecule has 0 aliphatic heterocycles. The van der Waals surface area contributed by atoms with E-state index < -0.39 is 11.6 Å². The lowest BCUT2D eigenvalue weighted by molar-refractivity contribution is 0.627. The lowest BCUT2D eigenvalue weighted by atomic mass is 9.95. The summed E-state index contributed by atoms with van der Waals surface area (Å²) in [6.07, 6.45) is 0. The smallest absolute Gasteiger partial charge is 0.224 e. The van der Waals surface area contributed by atoms with Gasteiger partial charge in [0.15, 0.2) is 0 Å². The maximum absolute atomic E-state index is 14.6. The summed E-state index contributed by atoms with van der Waals surface area (Å²) in [5.74, 6) is -1.57. The summed E-state index contributed by atoms with van der Waals surface area (Å²) in [5, 5.41) is 27.3. The second-order valence-corrected chi connectivity index (χ2v) is 5.77. The van der Waals surface area contributed by atoms with Gasteiger partial charge in [-0.1, -0.05) is 18.2 Å². The van der Waals surface area contributed by atoms with Crippen molar-refractivity contribution >= 4 is 5.69 Å². The van der Waals surface area contributed by atoms with Gasteiger partial charge in [0.05, 0.1) is 29.8 Å². The Morgan fingerprint density at radius 2 is 1.32 bits per heavy atom. The zero-order valence-electron chi connectivity index (χ0n) is 14.2. The van der Waals surface area contributed by atoms with E-state index in [2.05, 4.69) is 4.85 Å². The maximum atomic E-state index is 14.6. The minimum Gasteiger partial charge on any atom is -0.235 e. The first-order valence-corrected chi connectivity index (χ1v) is 7.88. The zero-order valence-corrected chi connectivity index (χ0v) is 14.2. The van der Waals surface area contributed by atoms with Gasteiger partial charge in [-0.25, -0.2) is 13.6 Å². The largest absolute Gasteiger partial charge is 0.235 e. The molecule has 0 atom stereocenters. The summed E-state index contributed by atoms with van der Waals surface area (Å²) in [4.78, 5) is 3.10. The fourth-order valence-electron chi connectivity index (χ4n) is 2.80. The van der Waals surface area contributed by atoms with Gasteiger partial charge < -0.3 is 0 Å². The predicted octanol–water partition coefficient (Wildman–Crippen LogP) is 5.46. The van der Waals surface area contributed by atoms with Crippen LogP contribution in [0.5, 0.6) is 0 Å². The normalized spacial score (nSPS) is 9.64. The highest BCUT2D eigenvalue weighted by molar-refractivity contribution is 5.78. The van der Waals surface area contributed by atoms with E-state index in [-0.39, 0.29) is 33.5 Å². The molecule has 0 aliphatic carbocycles. The van der Waals surface area contributed by atoms with E-state index in [0.29, 0.717) is 11.1 Å². The summed E-state index contributed by atoms with van der Waals surface area (Å²) in [5.41, 5.74) is 0.399. The quantitative estimate of drug-likeness (QED) is 0.565. The monoisotopic (exact) mass is 366 g/mol. The first-order chi connectivity index (χ1) is 13.5. The van der Waals surface area contributed by atoms with Crippen molar-refractivity contribution in [3.63, 3.8) is 0 Å². The first-order valence-electron chi connectivity index (χ1n) is 7.88. The number of rotatable bonds is 2. The van der Waals surface area contributed by atoms with Crippen LogP contribution in [0.2, 0.25) is 0 Å². The van der Waals surface area contributed by atoms with Crippen molar-refractivity contribution < 1.29 is 8.78 Å². The predicted molar refractivity (Wildman–Crippen MR) is 97.6 cm³/mol. The molecule has 0 aliphatic rings. The fourth-order valence-corrected chi connectivity index (χ4v) is 2.80. The van der Waals surface area contributed by atoms with Crippen molar-refractivity contribution in [1.29, 1.82) is 15.8 Å². The van der Waals surface area contributed by atoms with Crippen molar-refractivity contribution in [1.82, 2.24) is 0 Å². The van der Waals surface area contributed by atoms with Gasteiger partial charge in [-0.3, -0.25) is 0 Å². The molecule has 28 heavy (non-hydrogen) atoms. The van der Waals surface area contributed by atoms with Crippen LogP contribution in [0.15, 0.2) is 48.5 Å². The van der Waals surface area contributed by atoms with Crippen LogP contribution in [0.25, 0.3) is 27.1 Å². The summed E-state index contributed by atoms with van der Waals surface area (Å²) >= 11 is 0. The molecule has 0 spiro atoms. The number of halogens is 2. The molecule has 0 bridgehead atoms. The fraction of sp³-hybridized carbons (Fsp3) is 0. The van der Waals surface area contributed by atoms with E-state index in [0.717, 1.165) is 12.1 Å². The molecule has 0 saturated heterocycles. The van der Waals surface area contributed by atoms with E-state index in [1.54, 1.807) is 24.3 Å². The number of nitriles is 3. The molecule has 3 aromatic carbocycles. The molecule has 0 fully saturated rings. The Labute approximate surface area is 159 Å². The summed E-state index contributed by atoms with van der Waals surface area (Å²) in [6.45, 7) is 7.07. The first kappa shape index (κ1) is 18.3. The van der Waals surface area contributed by atoms with Gasteiger partial charge in [-0.2, -0.15) is 15.8 Å².